The molecule has 6 nitrogen and oxygen atoms in total. The Morgan fingerprint density at radius 2 is 1.00 bits per heavy atom. The summed E-state index contributed by atoms with van der Waals surface area (Å²) >= 11 is 0. The van der Waals surface area contributed by atoms with Gasteiger partial charge in [0.05, 0.1) is 0 Å². The summed E-state index contributed by atoms with van der Waals surface area (Å²) < 4.78 is 0. The Kier molecular flexibility index (Phi) is 37.8. The van der Waals surface area contributed by atoms with Crippen LogP contribution in [0.4, 0.5) is 0 Å². The van der Waals surface area contributed by atoms with Gasteiger partial charge in [-0.3, -0.25) is 4.99 Å². The predicted molar refractivity (Wildman–Crippen MR) is 151 cm³/mol. The Labute approximate surface area is 207 Å². The summed E-state index contributed by atoms with van der Waals surface area (Å²) in [4.78, 5) is 4.47. The Hall–Kier alpha value is -0.530. The van der Waals surface area contributed by atoms with Crippen molar-refractivity contribution in [3.8, 4) is 0 Å². The van der Waals surface area contributed by atoms with E-state index in [4.69, 9.17) is 11.5 Å². The van der Waals surface area contributed by atoms with Gasteiger partial charge in [-0.25, -0.2) is 0 Å². The largest absolute Gasteiger partial charge is 0.330 e. The van der Waals surface area contributed by atoms with Gasteiger partial charge in [-0.05, 0) is 90.6 Å². The molecule has 0 amide bonds. The molecule has 33 heavy (non-hydrogen) atoms. The molecule has 0 bridgehead atoms. The number of unbranched alkanes of at least 4 members (excludes halogenated alkanes) is 9. The molecule has 0 radical (unpaired) electrons. The van der Waals surface area contributed by atoms with Crippen LogP contribution in [0.2, 0.25) is 0 Å². The molecule has 0 aromatic rings. The van der Waals surface area contributed by atoms with Crippen molar-refractivity contribution in [3.05, 3.63) is 0 Å². The van der Waals surface area contributed by atoms with Crippen molar-refractivity contribution < 1.29 is 0 Å². The smallest absolute Gasteiger partial charge is 0.0385 e. The second-order valence-electron chi connectivity index (χ2n) is 8.95. The summed E-state index contributed by atoms with van der Waals surface area (Å²) in [5.74, 6) is 0. The average molecular weight is 471 g/mol. The Morgan fingerprint density at radius 3 is 1.52 bits per heavy atom. The van der Waals surface area contributed by atoms with Crippen molar-refractivity contribution in [2.45, 2.75) is 110 Å². The van der Waals surface area contributed by atoms with Crippen molar-refractivity contribution in [2.24, 2.45) is 16.5 Å². The van der Waals surface area contributed by atoms with E-state index >= 15 is 0 Å². The van der Waals surface area contributed by atoms with Crippen molar-refractivity contribution >= 4 is 6.21 Å². The highest BCUT2D eigenvalue weighted by molar-refractivity contribution is 5.57. The van der Waals surface area contributed by atoms with Crippen LogP contribution in [0.15, 0.2) is 4.99 Å². The van der Waals surface area contributed by atoms with Gasteiger partial charge in [0.1, 0.15) is 0 Å². The van der Waals surface area contributed by atoms with E-state index in [-0.39, 0.29) is 0 Å². The molecular weight excluding hydrogens is 408 g/mol. The molecule has 0 saturated heterocycles. The van der Waals surface area contributed by atoms with Gasteiger partial charge in [0.15, 0.2) is 0 Å². The van der Waals surface area contributed by atoms with Gasteiger partial charge in [-0.2, -0.15) is 0 Å². The molecule has 0 aliphatic carbocycles. The van der Waals surface area contributed by atoms with Gasteiger partial charge < -0.3 is 27.4 Å². The number of nitrogens with one attached hydrogen (secondary N) is 3. The van der Waals surface area contributed by atoms with Crippen LogP contribution < -0.4 is 27.4 Å². The van der Waals surface area contributed by atoms with Crippen molar-refractivity contribution in [1.29, 1.82) is 0 Å². The first-order valence-corrected chi connectivity index (χ1v) is 14.3. The standard InChI is InChI=1S/C18H38N2.C9H24N4/c1-3-5-6-7-8-9-10-11-12-13-16-20-18-14-17-19-15-4-2;10-4-1-6-12-8-3-9-13-7-2-5-11/h18-19H,3-17H2,1-2H3;12-13H,1-11H2. The third-order valence-corrected chi connectivity index (χ3v) is 5.47. The van der Waals surface area contributed by atoms with Gasteiger partial charge in [0.2, 0.25) is 0 Å². The number of aliphatic imine (C=N–C) groups is 1. The minimum absolute atomic E-state index is 0.780. The molecule has 0 rings (SSSR count). The van der Waals surface area contributed by atoms with E-state index in [1.165, 1.54) is 77.0 Å². The highest BCUT2D eigenvalue weighted by atomic mass is 14.9. The highest BCUT2D eigenvalue weighted by Gasteiger charge is 1.92. The first kappa shape index (κ1) is 34.6. The molecular formula is C27H62N6. The molecule has 0 aromatic heterocycles. The van der Waals surface area contributed by atoms with Crippen molar-refractivity contribution in [2.75, 3.05) is 58.9 Å². The summed E-state index contributed by atoms with van der Waals surface area (Å²) in [5, 5.41) is 10.1. The van der Waals surface area contributed by atoms with Gasteiger partial charge in [0.25, 0.3) is 0 Å². The molecule has 0 unspecified atom stereocenters. The van der Waals surface area contributed by atoms with Crippen LogP contribution in [0.5, 0.6) is 0 Å². The normalized spacial score (nSPS) is 11.2. The van der Waals surface area contributed by atoms with Gasteiger partial charge in [-0.1, -0.05) is 71.6 Å². The number of nitrogens with zero attached hydrogens (tertiary/aromatic N) is 1. The lowest BCUT2D eigenvalue weighted by atomic mass is 10.1. The Balaban J connectivity index is 0. The van der Waals surface area contributed by atoms with Crippen LogP contribution in [0, 0.1) is 0 Å². The third-order valence-electron chi connectivity index (χ3n) is 5.47. The van der Waals surface area contributed by atoms with E-state index in [0.29, 0.717) is 0 Å². The summed E-state index contributed by atoms with van der Waals surface area (Å²) in [6.07, 6.45) is 21.7. The molecule has 6 heteroatoms. The quantitative estimate of drug-likeness (QED) is 0.0938. The molecule has 0 aliphatic heterocycles. The molecule has 0 heterocycles. The number of nitrogens with two attached hydrogens (primary N) is 2. The lowest BCUT2D eigenvalue weighted by molar-refractivity contribution is 0.558. The Bertz CT molecular complexity index is 329. The number of hydrogen-bond donors (Lipinski definition) is 5. The second kappa shape index (κ2) is 36.0. The van der Waals surface area contributed by atoms with Crippen molar-refractivity contribution in [1.82, 2.24) is 16.0 Å². The van der Waals surface area contributed by atoms with Crippen LogP contribution in [0.1, 0.15) is 110 Å². The lowest BCUT2D eigenvalue weighted by Crippen LogP contribution is -2.25. The third kappa shape index (κ3) is 39.0. The zero-order valence-corrected chi connectivity index (χ0v) is 22.6. The zero-order valence-electron chi connectivity index (χ0n) is 22.6. The Morgan fingerprint density at radius 1 is 0.515 bits per heavy atom. The fourth-order valence-corrected chi connectivity index (χ4v) is 3.38. The highest BCUT2D eigenvalue weighted by Crippen LogP contribution is 2.10. The molecule has 7 N–H and O–H groups in total. The summed E-state index contributed by atoms with van der Waals surface area (Å²) in [5.41, 5.74) is 10.7. The molecule has 0 fully saturated rings. The van der Waals surface area contributed by atoms with E-state index in [2.05, 4.69) is 41.0 Å². The van der Waals surface area contributed by atoms with Crippen LogP contribution in [-0.4, -0.2) is 65.1 Å². The van der Waals surface area contributed by atoms with Gasteiger partial charge in [0, 0.05) is 13.1 Å². The maximum atomic E-state index is 5.36. The maximum absolute atomic E-state index is 5.36. The van der Waals surface area contributed by atoms with Crippen LogP contribution in [0.3, 0.4) is 0 Å². The van der Waals surface area contributed by atoms with E-state index in [0.717, 1.165) is 78.2 Å². The molecule has 0 atom stereocenters. The fourth-order valence-electron chi connectivity index (χ4n) is 3.38. The topological polar surface area (TPSA) is 100 Å². The average Bonchev–Trinajstić information content (AvgIpc) is 2.83. The molecule has 0 aliphatic rings. The summed E-state index contributed by atoms with van der Waals surface area (Å²) in [6, 6.07) is 0. The zero-order chi connectivity index (χ0) is 24.5. The second-order valence-corrected chi connectivity index (χ2v) is 8.95. The fraction of sp³-hybridized carbons (Fsp3) is 0.963. The molecule has 0 spiro atoms. The van der Waals surface area contributed by atoms with E-state index in [1.807, 2.05) is 0 Å². The minimum atomic E-state index is 0.780. The monoisotopic (exact) mass is 471 g/mol. The molecule has 200 valence electrons. The first-order valence-electron chi connectivity index (χ1n) is 14.3. The van der Waals surface area contributed by atoms with E-state index in [9.17, 15) is 0 Å². The molecule has 0 aromatic carbocycles. The lowest BCUT2D eigenvalue weighted by Gasteiger charge is -2.04. The van der Waals surface area contributed by atoms with E-state index < -0.39 is 0 Å². The van der Waals surface area contributed by atoms with Crippen LogP contribution in [-0.2, 0) is 0 Å². The predicted octanol–water partition coefficient (Wildman–Crippen LogP) is 4.62. The first-order chi connectivity index (χ1) is 16.3. The molecule has 0 saturated carbocycles. The van der Waals surface area contributed by atoms with Crippen LogP contribution >= 0.6 is 0 Å². The number of rotatable bonds is 26. The van der Waals surface area contributed by atoms with Gasteiger partial charge in [-0.15, -0.1) is 0 Å². The minimum Gasteiger partial charge on any atom is -0.330 e. The SMILES string of the molecule is CCCCCCCCCCCCN=CCCNCCC.NCCCNCCCNCCCN. The van der Waals surface area contributed by atoms with E-state index in [1.54, 1.807) is 0 Å². The number of hydrogen-bond acceptors (Lipinski definition) is 6. The van der Waals surface area contributed by atoms with Crippen LogP contribution in [0.25, 0.3) is 0 Å². The summed E-state index contributed by atoms with van der Waals surface area (Å²) in [6.45, 7) is 13.5. The maximum Gasteiger partial charge on any atom is 0.0385 e. The van der Waals surface area contributed by atoms with Crippen molar-refractivity contribution in [3.63, 3.8) is 0 Å². The summed E-state index contributed by atoms with van der Waals surface area (Å²) in [7, 11) is 0. The van der Waals surface area contributed by atoms with Gasteiger partial charge >= 0.3 is 0 Å².